The van der Waals surface area contributed by atoms with Crippen LogP contribution in [0.3, 0.4) is 0 Å². The minimum atomic E-state index is -4.37. The van der Waals surface area contributed by atoms with Crippen LogP contribution in [-0.4, -0.2) is 73.3 Å². The summed E-state index contributed by atoms with van der Waals surface area (Å²) < 4.78 is 52.1. The molecule has 1 aromatic heterocycles. The van der Waals surface area contributed by atoms with E-state index in [0.29, 0.717) is 31.1 Å². The zero-order valence-electron chi connectivity index (χ0n) is 22.0. The number of benzene rings is 1. The largest absolute Gasteiger partial charge is 0.416 e. The lowest BCUT2D eigenvalue weighted by molar-refractivity contribution is -0.137. The molecule has 1 N–H and O–H groups in total. The number of hydrogen-bond donors (Lipinski definition) is 1. The third kappa shape index (κ3) is 6.20. The summed E-state index contributed by atoms with van der Waals surface area (Å²) in [5, 5.41) is 5.38. The molecule has 4 atom stereocenters. The van der Waals surface area contributed by atoms with Crippen LogP contribution in [0.25, 0.3) is 0 Å². The van der Waals surface area contributed by atoms with Gasteiger partial charge in [-0.15, -0.1) is 11.3 Å². The highest BCUT2D eigenvalue weighted by Gasteiger charge is 2.40. The Kier molecular flexibility index (Phi) is 8.01. The summed E-state index contributed by atoms with van der Waals surface area (Å²) in [7, 11) is 0. The maximum atomic E-state index is 13.3. The molecule has 4 aliphatic rings. The monoisotopic (exact) mass is 563 g/mol. The van der Waals surface area contributed by atoms with Crippen molar-refractivity contribution in [3.05, 3.63) is 56.8 Å². The normalized spacial score (nSPS) is 28.2. The molecule has 0 spiro atoms. The lowest BCUT2D eigenvalue weighted by Gasteiger charge is -2.30. The van der Waals surface area contributed by atoms with Gasteiger partial charge in [0.1, 0.15) is 0 Å². The first-order valence-corrected chi connectivity index (χ1v) is 15.0. The van der Waals surface area contributed by atoms with E-state index in [1.807, 2.05) is 4.90 Å². The highest BCUT2D eigenvalue weighted by atomic mass is 32.1. The van der Waals surface area contributed by atoms with Crippen LogP contribution < -0.4 is 5.32 Å². The number of carbonyl (C=O) groups is 1. The Labute approximate surface area is 231 Å². The fourth-order valence-corrected chi connectivity index (χ4v) is 7.63. The van der Waals surface area contributed by atoms with Gasteiger partial charge < -0.3 is 14.8 Å². The second kappa shape index (κ2) is 11.5. The molecule has 39 heavy (non-hydrogen) atoms. The van der Waals surface area contributed by atoms with Crippen LogP contribution in [0.1, 0.15) is 58.9 Å². The summed E-state index contributed by atoms with van der Waals surface area (Å²) in [5.41, 5.74) is 2.32. The van der Waals surface area contributed by atoms with E-state index in [9.17, 15) is 18.0 Å². The molecule has 212 valence electrons. The van der Waals surface area contributed by atoms with Gasteiger partial charge in [0, 0.05) is 50.3 Å². The summed E-state index contributed by atoms with van der Waals surface area (Å²) in [6.07, 6.45) is 1.35. The van der Waals surface area contributed by atoms with Crippen molar-refractivity contribution < 1.29 is 27.4 Å². The van der Waals surface area contributed by atoms with Crippen LogP contribution in [0, 0.1) is 0 Å². The second-order valence-electron chi connectivity index (χ2n) is 11.3. The molecule has 0 saturated carbocycles. The number of alkyl halides is 3. The van der Waals surface area contributed by atoms with Crippen LogP contribution in [0.4, 0.5) is 13.2 Å². The molecule has 0 bridgehead atoms. The molecule has 3 aliphatic heterocycles. The third-order valence-electron chi connectivity index (χ3n) is 8.66. The maximum absolute atomic E-state index is 13.3. The fraction of sp³-hybridized carbons (Fsp3) is 0.621. The van der Waals surface area contributed by atoms with Gasteiger partial charge in [-0.1, -0.05) is 6.07 Å². The number of aryl methyl sites for hydroxylation is 1. The highest BCUT2D eigenvalue weighted by Crippen LogP contribution is 2.40. The van der Waals surface area contributed by atoms with Crippen molar-refractivity contribution in [2.75, 3.05) is 39.4 Å². The van der Waals surface area contributed by atoms with Gasteiger partial charge in [-0.25, -0.2) is 0 Å². The zero-order chi connectivity index (χ0) is 27.0. The lowest BCUT2D eigenvalue weighted by atomic mass is 9.97. The Hall–Kier alpha value is -1.98. The number of nitrogens with zero attached hydrogens (tertiary/aromatic N) is 2. The zero-order valence-corrected chi connectivity index (χ0v) is 22.9. The van der Waals surface area contributed by atoms with E-state index < -0.39 is 11.7 Å². The van der Waals surface area contributed by atoms with E-state index in [1.165, 1.54) is 16.5 Å². The fourth-order valence-electron chi connectivity index (χ4n) is 6.61. The van der Waals surface area contributed by atoms with Crippen molar-refractivity contribution >= 4 is 17.2 Å². The summed E-state index contributed by atoms with van der Waals surface area (Å²) in [4.78, 5) is 19.0. The molecule has 1 amide bonds. The first kappa shape index (κ1) is 27.2. The molecule has 2 saturated heterocycles. The van der Waals surface area contributed by atoms with Crippen molar-refractivity contribution in [3.63, 3.8) is 0 Å². The molecule has 4 heterocycles. The first-order chi connectivity index (χ1) is 18.8. The van der Waals surface area contributed by atoms with Gasteiger partial charge in [-0.05, 0) is 78.8 Å². The number of thiophene rings is 1. The molecule has 4 unspecified atom stereocenters. The summed E-state index contributed by atoms with van der Waals surface area (Å²) in [6.45, 7) is 4.23. The number of nitrogens with one attached hydrogen (secondary N) is 1. The van der Waals surface area contributed by atoms with Gasteiger partial charge in [-0.2, -0.15) is 13.2 Å². The molecule has 1 aromatic carbocycles. The molecule has 2 aromatic rings. The number of halogens is 3. The van der Waals surface area contributed by atoms with Crippen molar-refractivity contribution in [1.82, 2.24) is 15.1 Å². The molecule has 1 aliphatic carbocycles. The van der Waals surface area contributed by atoms with Crippen LogP contribution in [0.15, 0.2) is 29.6 Å². The van der Waals surface area contributed by atoms with Gasteiger partial charge in [-0.3, -0.25) is 14.6 Å². The van der Waals surface area contributed by atoms with E-state index in [4.69, 9.17) is 9.47 Å². The van der Waals surface area contributed by atoms with E-state index in [1.54, 1.807) is 17.4 Å². The topological polar surface area (TPSA) is 54.0 Å². The number of ether oxygens (including phenoxy) is 2. The predicted octanol–water partition coefficient (Wildman–Crippen LogP) is 4.57. The Morgan fingerprint density at radius 3 is 2.85 bits per heavy atom. The Morgan fingerprint density at radius 2 is 1.97 bits per heavy atom. The van der Waals surface area contributed by atoms with E-state index in [0.717, 1.165) is 70.0 Å². The van der Waals surface area contributed by atoms with Crippen LogP contribution in [0.2, 0.25) is 0 Å². The van der Waals surface area contributed by atoms with E-state index in [2.05, 4.69) is 21.7 Å². The van der Waals surface area contributed by atoms with Crippen LogP contribution >= 0.6 is 11.3 Å². The third-order valence-corrected chi connectivity index (χ3v) is 9.71. The van der Waals surface area contributed by atoms with Crippen molar-refractivity contribution in [2.45, 2.75) is 75.5 Å². The number of rotatable bonds is 6. The molecule has 10 heteroatoms. The van der Waals surface area contributed by atoms with E-state index in [-0.39, 0.29) is 30.7 Å². The lowest BCUT2D eigenvalue weighted by Crippen LogP contribution is -2.48. The smallest absolute Gasteiger partial charge is 0.381 e. The molecular weight excluding hydrogens is 527 g/mol. The van der Waals surface area contributed by atoms with E-state index >= 15 is 0 Å². The second-order valence-corrected chi connectivity index (χ2v) is 12.2. The number of carbonyl (C=O) groups excluding carboxylic acids is 1. The molecular formula is C29H36F3N3O3S. The van der Waals surface area contributed by atoms with Crippen molar-refractivity contribution in [1.29, 1.82) is 0 Å². The summed E-state index contributed by atoms with van der Waals surface area (Å²) in [6, 6.07) is 6.43. The quantitative estimate of drug-likeness (QED) is 0.559. The van der Waals surface area contributed by atoms with Crippen LogP contribution in [0.5, 0.6) is 0 Å². The summed E-state index contributed by atoms with van der Waals surface area (Å²) in [5.74, 6) is -0.0988. The average Bonchev–Trinajstić information content (AvgIpc) is 3.55. The van der Waals surface area contributed by atoms with Gasteiger partial charge in [0.25, 0.3) is 0 Å². The van der Waals surface area contributed by atoms with Gasteiger partial charge in [0.15, 0.2) is 0 Å². The van der Waals surface area contributed by atoms with Gasteiger partial charge in [0.2, 0.25) is 5.91 Å². The minimum Gasteiger partial charge on any atom is -0.381 e. The molecule has 6 rings (SSSR count). The Bertz CT molecular complexity index is 1160. The standard InChI is InChI=1S/C29H36F3N3O3S/c30-29(31,32)22-5-3-19-7-10-34(15-21(19)14-22)18-27(36)33-24-16-35(23-2-1-11-37-12-8-23)17-26(24)38-25-6-4-20-9-13-39-28(20)25/h3,5,9,13-14,23-26H,1-2,4,6-8,10-12,15-18H2,(H,33,36). The summed E-state index contributed by atoms with van der Waals surface area (Å²) >= 11 is 1.75. The number of amides is 1. The van der Waals surface area contributed by atoms with Gasteiger partial charge >= 0.3 is 6.18 Å². The molecule has 2 fully saturated rings. The van der Waals surface area contributed by atoms with Crippen molar-refractivity contribution in [3.8, 4) is 0 Å². The highest BCUT2D eigenvalue weighted by molar-refractivity contribution is 7.10. The number of fused-ring (bicyclic) bond motifs is 2. The molecule has 6 nitrogen and oxygen atoms in total. The SMILES string of the molecule is O=C(CN1CCc2ccc(C(F)(F)F)cc2C1)NC1CN(C2CCCOCC2)CC1OC1CCc2ccsc21. The van der Waals surface area contributed by atoms with Gasteiger partial charge in [0.05, 0.1) is 30.4 Å². The van der Waals surface area contributed by atoms with Crippen molar-refractivity contribution in [2.24, 2.45) is 0 Å². The van der Waals surface area contributed by atoms with Crippen LogP contribution in [-0.2, 0) is 39.8 Å². The Morgan fingerprint density at radius 1 is 1.08 bits per heavy atom. The first-order valence-electron chi connectivity index (χ1n) is 14.1. The number of likely N-dealkylation sites (tertiary alicyclic amines) is 1. The number of hydrogen-bond acceptors (Lipinski definition) is 6. The predicted molar refractivity (Wildman–Crippen MR) is 143 cm³/mol. The minimum absolute atomic E-state index is 0.0724. The maximum Gasteiger partial charge on any atom is 0.416 e. The molecule has 0 radical (unpaired) electrons. The Balaban J connectivity index is 1.11. The average molecular weight is 564 g/mol.